The van der Waals surface area contributed by atoms with E-state index in [2.05, 4.69) is 26.8 Å². The summed E-state index contributed by atoms with van der Waals surface area (Å²) < 4.78 is 5.34. The van der Waals surface area contributed by atoms with Gasteiger partial charge in [-0.25, -0.2) is 4.79 Å². The van der Waals surface area contributed by atoms with Gasteiger partial charge >= 0.3 is 6.09 Å². The van der Waals surface area contributed by atoms with Crippen LogP contribution >= 0.6 is 0 Å². The summed E-state index contributed by atoms with van der Waals surface area (Å²) in [7, 11) is 0. The second-order valence-electron chi connectivity index (χ2n) is 6.34. The first-order valence-corrected chi connectivity index (χ1v) is 5.77. The number of carbonyl (C=O) groups excluding carboxylic acids is 1. The van der Waals surface area contributed by atoms with Crippen LogP contribution in [-0.2, 0) is 4.74 Å². The summed E-state index contributed by atoms with van der Waals surface area (Å²) in [6.45, 7) is 13.5. The van der Waals surface area contributed by atoms with Gasteiger partial charge < -0.3 is 9.64 Å². The topological polar surface area (TPSA) is 29.5 Å². The van der Waals surface area contributed by atoms with E-state index in [4.69, 9.17) is 4.74 Å². The van der Waals surface area contributed by atoms with Gasteiger partial charge in [0, 0.05) is 13.1 Å². The molecule has 0 unspecified atom stereocenters. The highest BCUT2D eigenvalue weighted by atomic mass is 16.6. The van der Waals surface area contributed by atoms with Crippen LogP contribution in [0, 0.1) is 5.41 Å². The summed E-state index contributed by atoms with van der Waals surface area (Å²) in [5, 5.41) is 0. The lowest BCUT2D eigenvalue weighted by molar-refractivity contribution is 0.0298. The van der Waals surface area contributed by atoms with E-state index in [1.54, 1.807) is 4.90 Å². The molecule has 1 amide bonds. The van der Waals surface area contributed by atoms with E-state index in [9.17, 15) is 4.79 Å². The van der Waals surface area contributed by atoms with Crippen molar-refractivity contribution in [1.82, 2.24) is 4.90 Å². The number of amides is 1. The molecule has 0 fully saturated rings. The van der Waals surface area contributed by atoms with Crippen molar-refractivity contribution in [3.05, 3.63) is 11.6 Å². The van der Waals surface area contributed by atoms with E-state index in [-0.39, 0.29) is 11.5 Å². The number of hydrogen-bond acceptors (Lipinski definition) is 2. The fourth-order valence-corrected chi connectivity index (χ4v) is 1.56. The van der Waals surface area contributed by atoms with E-state index < -0.39 is 5.60 Å². The predicted octanol–water partition coefficient (Wildman–Crippen LogP) is 3.21. The highest BCUT2D eigenvalue weighted by molar-refractivity contribution is 5.69. The minimum atomic E-state index is -0.415. The Bertz CT molecular complexity index is 305. The van der Waals surface area contributed by atoms with Gasteiger partial charge in [0.15, 0.2) is 0 Å². The first kappa shape index (κ1) is 13.1. The average Bonchev–Trinajstić information content (AvgIpc) is 2.46. The molecule has 0 spiro atoms. The number of ether oxygens (including phenoxy) is 1. The molecular weight excluding hydrogens is 202 g/mol. The number of nitrogens with zero attached hydrogens (tertiary/aromatic N) is 1. The number of rotatable bonds is 0. The van der Waals surface area contributed by atoms with Crippen LogP contribution in [0.1, 0.15) is 41.5 Å². The molecule has 0 saturated heterocycles. The molecule has 3 nitrogen and oxygen atoms in total. The van der Waals surface area contributed by atoms with Crippen molar-refractivity contribution in [2.75, 3.05) is 13.1 Å². The molecule has 3 heteroatoms. The van der Waals surface area contributed by atoms with Gasteiger partial charge in [-0.15, -0.1) is 0 Å². The molecule has 0 bridgehead atoms. The zero-order chi connectivity index (χ0) is 12.6. The van der Waals surface area contributed by atoms with Crippen LogP contribution in [0.5, 0.6) is 0 Å². The van der Waals surface area contributed by atoms with Crippen LogP contribution in [0.4, 0.5) is 4.79 Å². The van der Waals surface area contributed by atoms with Gasteiger partial charge in [0.05, 0.1) is 0 Å². The smallest absolute Gasteiger partial charge is 0.410 e. The normalized spacial score (nSPS) is 17.4. The number of carbonyl (C=O) groups is 1. The first-order chi connectivity index (χ1) is 7.09. The Morgan fingerprint density at radius 2 is 1.81 bits per heavy atom. The van der Waals surface area contributed by atoms with Crippen molar-refractivity contribution in [2.24, 2.45) is 5.41 Å². The Kier molecular flexibility index (Phi) is 3.36. The van der Waals surface area contributed by atoms with Crippen molar-refractivity contribution < 1.29 is 9.53 Å². The molecule has 0 aromatic heterocycles. The average molecular weight is 225 g/mol. The van der Waals surface area contributed by atoms with Gasteiger partial charge in [0.25, 0.3) is 0 Å². The molecule has 0 atom stereocenters. The summed E-state index contributed by atoms with van der Waals surface area (Å²) in [6.07, 6.45) is 1.91. The van der Waals surface area contributed by atoms with Crippen LogP contribution in [-0.4, -0.2) is 29.7 Å². The van der Waals surface area contributed by atoms with Gasteiger partial charge in [-0.1, -0.05) is 26.8 Å². The second-order valence-corrected chi connectivity index (χ2v) is 6.34. The molecule has 0 aliphatic carbocycles. The molecule has 0 saturated carbocycles. The van der Waals surface area contributed by atoms with E-state index in [1.165, 1.54) is 5.57 Å². The maximum absolute atomic E-state index is 11.8. The molecule has 1 aliphatic heterocycles. The van der Waals surface area contributed by atoms with Gasteiger partial charge in [-0.3, -0.25) is 0 Å². The van der Waals surface area contributed by atoms with Crippen molar-refractivity contribution in [2.45, 2.75) is 47.1 Å². The molecule has 1 heterocycles. The molecular formula is C13H23NO2. The maximum Gasteiger partial charge on any atom is 0.410 e. The molecule has 0 N–H and O–H groups in total. The summed E-state index contributed by atoms with van der Waals surface area (Å²) in [4.78, 5) is 13.5. The highest BCUT2D eigenvalue weighted by Crippen LogP contribution is 2.29. The lowest BCUT2D eigenvalue weighted by atomic mass is 9.87. The Morgan fingerprint density at radius 3 is 2.19 bits per heavy atom. The molecule has 92 valence electrons. The summed E-state index contributed by atoms with van der Waals surface area (Å²) in [5.74, 6) is 0. The quantitative estimate of drug-likeness (QED) is 0.592. The van der Waals surface area contributed by atoms with Crippen LogP contribution in [0.3, 0.4) is 0 Å². The van der Waals surface area contributed by atoms with Crippen molar-refractivity contribution >= 4 is 6.09 Å². The van der Waals surface area contributed by atoms with Crippen molar-refractivity contribution in [1.29, 1.82) is 0 Å². The molecule has 16 heavy (non-hydrogen) atoms. The van der Waals surface area contributed by atoms with Crippen LogP contribution in [0.15, 0.2) is 11.6 Å². The van der Waals surface area contributed by atoms with E-state index in [0.717, 1.165) is 0 Å². The van der Waals surface area contributed by atoms with Crippen molar-refractivity contribution in [3.8, 4) is 0 Å². The Balaban J connectivity index is 2.54. The second kappa shape index (κ2) is 4.11. The molecule has 0 aromatic carbocycles. The van der Waals surface area contributed by atoms with E-state index in [1.807, 2.05) is 20.8 Å². The zero-order valence-electron chi connectivity index (χ0n) is 11.3. The molecule has 1 rings (SSSR count). The lowest BCUT2D eigenvalue weighted by Gasteiger charge is -2.26. The van der Waals surface area contributed by atoms with Gasteiger partial charge in [0.1, 0.15) is 5.60 Å². The SMILES string of the molecule is CC(C)(C)OC(=O)N1CC=C(C(C)(C)C)C1. The van der Waals surface area contributed by atoms with Crippen LogP contribution < -0.4 is 0 Å². The fraction of sp³-hybridized carbons (Fsp3) is 0.769. The molecule has 0 aromatic rings. The zero-order valence-corrected chi connectivity index (χ0v) is 11.3. The minimum absolute atomic E-state index is 0.136. The summed E-state index contributed by atoms with van der Waals surface area (Å²) in [6, 6.07) is 0. The third-order valence-electron chi connectivity index (χ3n) is 2.53. The predicted molar refractivity (Wildman–Crippen MR) is 65.3 cm³/mol. The fourth-order valence-electron chi connectivity index (χ4n) is 1.56. The standard InChI is InChI=1S/C13H23NO2/c1-12(2,3)10-7-8-14(9-10)11(15)16-13(4,5)6/h7H,8-9H2,1-6H3. The minimum Gasteiger partial charge on any atom is -0.444 e. The highest BCUT2D eigenvalue weighted by Gasteiger charge is 2.29. The maximum atomic E-state index is 11.8. The van der Waals surface area contributed by atoms with Gasteiger partial charge in [-0.05, 0) is 31.8 Å². The third-order valence-corrected chi connectivity index (χ3v) is 2.53. The monoisotopic (exact) mass is 225 g/mol. The first-order valence-electron chi connectivity index (χ1n) is 5.77. The third kappa shape index (κ3) is 3.54. The van der Waals surface area contributed by atoms with Gasteiger partial charge in [0.2, 0.25) is 0 Å². The van der Waals surface area contributed by atoms with Crippen LogP contribution in [0.2, 0.25) is 0 Å². The Labute approximate surface area is 98.5 Å². The van der Waals surface area contributed by atoms with Gasteiger partial charge in [-0.2, -0.15) is 0 Å². The molecule has 0 radical (unpaired) electrons. The molecule has 1 aliphatic rings. The number of hydrogen-bond donors (Lipinski definition) is 0. The van der Waals surface area contributed by atoms with Crippen molar-refractivity contribution in [3.63, 3.8) is 0 Å². The summed E-state index contributed by atoms with van der Waals surface area (Å²) in [5.41, 5.74) is 1.02. The Morgan fingerprint density at radius 1 is 1.25 bits per heavy atom. The van der Waals surface area contributed by atoms with Crippen LogP contribution in [0.25, 0.3) is 0 Å². The van der Waals surface area contributed by atoms with E-state index >= 15 is 0 Å². The largest absolute Gasteiger partial charge is 0.444 e. The van der Waals surface area contributed by atoms with E-state index in [0.29, 0.717) is 13.1 Å². The summed E-state index contributed by atoms with van der Waals surface area (Å²) >= 11 is 0. The Hall–Kier alpha value is -0.990. The lowest BCUT2D eigenvalue weighted by Crippen LogP contribution is -2.36.